The highest BCUT2D eigenvalue weighted by molar-refractivity contribution is 5.92. The SMILES string of the molecule is CCOC(=O)CCNC(=O)C(c1ccccc1O)N(CC)C(=O)C(C)NC(=O)OC(C)(C)C. The maximum Gasteiger partial charge on any atom is 0.408 e. The molecule has 3 amide bonds. The Balaban J connectivity index is 3.10. The number of likely N-dealkylation sites (N-methyl/N-ethyl adjacent to an activating group) is 1. The van der Waals surface area contributed by atoms with E-state index >= 15 is 0 Å². The molecule has 1 aromatic rings. The lowest BCUT2D eigenvalue weighted by atomic mass is 10.0. The van der Waals surface area contributed by atoms with Crippen LogP contribution in [0, 0.1) is 0 Å². The number of esters is 1. The highest BCUT2D eigenvalue weighted by Crippen LogP contribution is 2.29. The van der Waals surface area contributed by atoms with Crippen molar-refractivity contribution < 1.29 is 33.8 Å². The maximum absolute atomic E-state index is 13.2. The van der Waals surface area contributed by atoms with E-state index < -0.39 is 41.6 Å². The molecule has 1 rings (SSSR count). The number of alkyl carbamates (subject to hydrolysis) is 1. The van der Waals surface area contributed by atoms with E-state index in [0.717, 1.165) is 0 Å². The lowest BCUT2D eigenvalue weighted by Gasteiger charge is -2.33. The fraction of sp³-hybridized carbons (Fsp3) is 0.565. The van der Waals surface area contributed by atoms with Crippen molar-refractivity contribution in [3.05, 3.63) is 29.8 Å². The number of para-hydroxylation sites is 1. The summed E-state index contributed by atoms with van der Waals surface area (Å²) in [5.41, 5.74) is -0.528. The quantitative estimate of drug-likeness (QED) is 0.451. The second-order valence-corrected chi connectivity index (χ2v) is 8.30. The minimum absolute atomic E-state index is 0.000775. The second-order valence-electron chi connectivity index (χ2n) is 8.30. The summed E-state index contributed by atoms with van der Waals surface area (Å²) >= 11 is 0. The molecule has 0 aliphatic rings. The van der Waals surface area contributed by atoms with Gasteiger partial charge in [0, 0.05) is 18.7 Å². The number of hydrogen-bond donors (Lipinski definition) is 3. The molecule has 0 fully saturated rings. The first kappa shape index (κ1) is 27.7. The zero-order chi connectivity index (χ0) is 25.2. The Labute approximate surface area is 194 Å². The van der Waals surface area contributed by atoms with E-state index in [0.29, 0.717) is 0 Å². The molecule has 0 aliphatic carbocycles. The summed E-state index contributed by atoms with van der Waals surface area (Å²) in [4.78, 5) is 51.2. The van der Waals surface area contributed by atoms with E-state index in [-0.39, 0.29) is 37.4 Å². The minimum Gasteiger partial charge on any atom is -0.508 e. The van der Waals surface area contributed by atoms with Crippen molar-refractivity contribution in [2.45, 2.75) is 65.6 Å². The van der Waals surface area contributed by atoms with Crippen molar-refractivity contribution in [1.29, 1.82) is 0 Å². The molecular formula is C23H35N3O7. The van der Waals surface area contributed by atoms with Crippen LogP contribution in [-0.2, 0) is 23.9 Å². The van der Waals surface area contributed by atoms with Gasteiger partial charge in [0.15, 0.2) is 0 Å². The molecule has 0 saturated heterocycles. The predicted molar refractivity (Wildman–Crippen MR) is 121 cm³/mol. The number of rotatable bonds is 10. The molecule has 0 heterocycles. The van der Waals surface area contributed by atoms with E-state index in [4.69, 9.17) is 9.47 Å². The Kier molecular flexibility index (Phi) is 10.6. The van der Waals surface area contributed by atoms with Crippen molar-refractivity contribution in [2.75, 3.05) is 19.7 Å². The van der Waals surface area contributed by atoms with Crippen LogP contribution in [0.25, 0.3) is 0 Å². The zero-order valence-electron chi connectivity index (χ0n) is 20.1. The zero-order valence-corrected chi connectivity index (χ0v) is 20.1. The molecule has 33 heavy (non-hydrogen) atoms. The third-order valence-corrected chi connectivity index (χ3v) is 4.45. The first-order valence-electron chi connectivity index (χ1n) is 10.9. The number of nitrogens with one attached hydrogen (secondary N) is 2. The van der Waals surface area contributed by atoms with Gasteiger partial charge < -0.3 is 30.1 Å². The van der Waals surface area contributed by atoms with Gasteiger partial charge in [-0.3, -0.25) is 14.4 Å². The molecule has 3 N–H and O–H groups in total. The van der Waals surface area contributed by atoms with Crippen LogP contribution in [0.15, 0.2) is 24.3 Å². The Morgan fingerprint density at radius 3 is 2.30 bits per heavy atom. The molecule has 0 spiro atoms. The molecular weight excluding hydrogens is 430 g/mol. The van der Waals surface area contributed by atoms with Gasteiger partial charge in [-0.05, 0) is 47.6 Å². The van der Waals surface area contributed by atoms with Crippen LogP contribution in [0.5, 0.6) is 5.75 Å². The number of phenols is 1. The van der Waals surface area contributed by atoms with Crippen LogP contribution < -0.4 is 10.6 Å². The van der Waals surface area contributed by atoms with E-state index in [1.54, 1.807) is 46.8 Å². The second kappa shape index (κ2) is 12.7. The molecule has 184 valence electrons. The number of benzene rings is 1. The topological polar surface area (TPSA) is 134 Å². The van der Waals surface area contributed by atoms with Crippen LogP contribution in [0.4, 0.5) is 4.79 Å². The van der Waals surface area contributed by atoms with Gasteiger partial charge in [-0.15, -0.1) is 0 Å². The minimum atomic E-state index is -1.19. The number of nitrogens with zero attached hydrogens (tertiary/aromatic N) is 1. The van der Waals surface area contributed by atoms with Gasteiger partial charge >= 0.3 is 12.1 Å². The number of carbonyl (C=O) groups excluding carboxylic acids is 4. The Hall–Kier alpha value is -3.30. The smallest absolute Gasteiger partial charge is 0.408 e. The lowest BCUT2D eigenvalue weighted by molar-refractivity contribution is -0.144. The molecule has 0 bridgehead atoms. The fourth-order valence-corrected chi connectivity index (χ4v) is 3.05. The molecule has 10 heteroatoms. The molecule has 10 nitrogen and oxygen atoms in total. The highest BCUT2D eigenvalue weighted by Gasteiger charge is 2.35. The van der Waals surface area contributed by atoms with Crippen molar-refractivity contribution in [3.63, 3.8) is 0 Å². The lowest BCUT2D eigenvalue weighted by Crippen LogP contribution is -2.52. The summed E-state index contributed by atoms with van der Waals surface area (Å²) in [6.07, 6.45) is -0.804. The molecule has 0 aromatic heterocycles. The van der Waals surface area contributed by atoms with Gasteiger partial charge in [-0.1, -0.05) is 18.2 Å². The molecule has 2 atom stereocenters. The number of ether oxygens (including phenoxy) is 2. The molecule has 1 aromatic carbocycles. The predicted octanol–water partition coefficient (Wildman–Crippen LogP) is 2.26. The van der Waals surface area contributed by atoms with Crippen molar-refractivity contribution in [1.82, 2.24) is 15.5 Å². The molecule has 0 radical (unpaired) electrons. The normalized spacial score (nSPS) is 12.8. The van der Waals surface area contributed by atoms with E-state index in [9.17, 15) is 24.3 Å². The maximum atomic E-state index is 13.2. The monoisotopic (exact) mass is 465 g/mol. The molecule has 0 saturated carbocycles. The third-order valence-electron chi connectivity index (χ3n) is 4.45. The highest BCUT2D eigenvalue weighted by atomic mass is 16.6. The van der Waals surface area contributed by atoms with Crippen LogP contribution in [0.1, 0.15) is 59.6 Å². The average molecular weight is 466 g/mol. The van der Waals surface area contributed by atoms with Crippen LogP contribution >= 0.6 is 0 Å². The van der Waals surface area contributed by atoms with E-state index in [2.05, 4.69) is 10.6 Å². The Morgan fingerprint density at radius 1 is 1.12 bits per heavy atom. The fourth-order valence-electron chi connectivity index (χ4n) is 3.05. The van der Waals surface area contributed by atoms with E-state index in [1.165, 1.54) is 24.0 Å². The number of phenolic OH excluding ortho intramolecular Hbond substituents is 1. The number of amides is 3. The number of carbonyl (C=O) groups is 4. The van der Waals surface area contributed by atoms with Gasteiger partial charge in [0.2, 0.25) is 11.8 Å². The van der Waals surface area contributed by atoms with Crippen molar-refractivity contribution in [3.8, 4) is 5.75 Å². The van der Waals surface area contributed by atoms with Crippen molar-refractivity contribution in [2.24, 2.45) is 0 Å². The summed E-state index contributed by atoms with van der Waals surface area (Å²) in [5, 5.41) is 15.5. The summed E-state index contributed by atoms with van der Waals surface area (Å²) in [7, 11) is 0. The summed E-state index contributed by atoms with van der Waals surface area (Å²) in [5.74, 6) is -1.75. The first-order chi connectivity index (χ1) is 15.4. The Morgan fingerprint density at radius 2 is 1.76 bits per heavy atom. The third kappa shape index (κ3) is 8.99. The van der Waals surface area contributed by atoms with E-state index in [1.807, 2.05) is 0 Å². The summed E-state index contributed by atoms with van der Waals surface area (Å²) in [6.45, 7) is 10.3. The number of hydrogen-bond acceptors (Lipinski definition) is 7. The van der Waals surface area contributed by atoms with Crippen LogP contribution in [0.3, 0.4) is 0 Å². The summed E-state index contributed by atoms with van der Waals surface area (Å²) in [6, 6.07) is 3.99. The Bertz CT molecular complexity index is 836. The van der Waals surface area contributed by atoms with Gasteiger partial charge in [0.05, 0.1) is 13.0 Å². The molecule has 0 aliphatic heterocycles. The van der Waals surface area contributed by atoms with Gasteiger partial charge in [-0.25, -0.2) is 4.79 Å². The summed E-state index contributed by atoms with van der Waals surface area (Å²) < 4.78 is 10.0. The average Bonchev–Trinajstić information content (AvgIpc) is 2.70. The van der Waals surface area contributed by atoms with Gasteiger partial charge in [-0.2, -0.15) is 0 Å². The van der Waals surface area contributed by atoms with Gasteiger partial charge in [0.25, 0.3) is 0 Å². The number of aromatic hydroxyl groups is 1. The largest absolute Gasteiger partial charge is 0.508 e. The van der Waals surface area contributed by atoms with Gasteiger partial charge in [0.1, 0.15) is 23.4 Å². The van der Waals surface area contributed by atoms with Crippen LogP contribution in [-0.4, -0.2) is 65.2 Å². The standard InChI is InChI=1S/C23H35N3O7/c1-7-26(21(30)15(3)25-22(31)33-23(4,5)6)19(16-11-9-10-12-17(16)27)20(29)24-14-13-18(28)32-8-2/h9-12,15,19,27H,7-8,13-14H2,1-6H3,(H,24,29)(H,25,31). The first-order valence-corrected chi connectivity index (χ1v) is 10.9. The molecule has 2 unspecified atom stereocenters. The van der Waals surface area contributed by atoms with Crippen LogP contribution in [0.2, 0.25) is 0 Å². The van der Waals surface area contributed by atoms with Crippen molar-refractivity contribution >= 4 is 23.9 Å².